The molecule has 0 aromatic carbocycles. The summed E-state index contributed by atoms with van der Waals surface area (Å²) in [6.45, 7) is 3.37. The van der Waals surface area contributed by atoms with E-state index in [0.29, 0.717) is 5.82 Å². The Bertz CT molecular complexity index is 575. The normalized spacial score (nSPS) is 17.0. The summed E-state index contributed by atoms with van der Waals surface area (Å²) < 4.78 is 4.30. The second-order valence-corrected chi connectivity index (χ2v) is 6.41. The molecule has 0 radical (unpaired) electrons. The van der Waals surface area contributed by atoms with Gasteiger partial charge in [-0.15, -0.1) is 0 Å². The maximum atomic E-state index is 6.03. The van der Waals surface area contributed by atoms with E-state index in [0.717, 1.165) is 28.6 Å². The lowest BCUT2D eigenvalue weighted by atomic mass is 9.97. The molecule has 1 saturated heterocycles. The molecule has 0 spiro atoms. The summed E-state index contributed by atoms with van der Waals surface area (Å²) in [7, 11) is 2.19. The maximum Gasteiger partial charge on any atom is 0.147 e. The van der Waals surface area contributed by atoms with Crippen molar-refractivity contribution in [3.05, 3.63) is 24.5 Å². The zero-order chi connectivity index (χ0) is 14.7. The molecule has 112 valence electrons. The van der Waals surface area contributed by atoms with E-state index in [1.165, 1.54) is 37.5 Å². The fourth-order valence-corrected chi connectivity index (χ4v) is 3.47. The van der Waals surface area contributed by atoms with Crippen molar-refractivity contribution in [3.63, 3.8) is 0 Å². The lowest BCUT2D eigenvalue weighted by Gasteiger charge is -2.29. The summed E-state index contributed by atoms with van der Waals surface area (Å²) in [5, 5.41) is 4.62. The molecule has 2 aromatic rings. The minimum atomic E-state index is 0.595. The van der Waals surface area contributed by atoms with Gasteiger partial charge in [0.25, 0.3) is 0 Å². The molecule has 1 aliphatic rings. The van der Waals surface area contributed by atoms with Gasteiger partial charge < -0.3 is 16.0 Å². The second kappa shape index (κ2) is 6.41. The third-order valence-electron chi connectivity index (χ3n) is 4.08. The van der Waals surface area contributed by atoms with Crippen LogP contribution in [0.15, 0.2) is 24.5 Å². The molecular formula is C15H21N5S. The molecule has 0 bridgehead atoms. The largest absolute Gasteiger partial charge is 0.382 e. The third kappa shape index (κ3) is 3.33. The molecule has 3 N–H and O–H groups in total. The molecule has 3 heterocycles. The van der Waals surface area contributed by atoms with Gasteiger partial charge in [-0.1, -0.05) is 0 Å². The highest BCUT2D eigenvalue weighted by Gasteiger charge is 2.18. The summed E-state index contributed by atoms with van der Waals surface area (Å²) in [6, 6.07) is 3.95. The maximum absolute atomic E-state index is 6.03. The van der Waals surface area contributed by atoms with Crippen LogP contribution in [0, 0.1) is 5.92 Å². The number of hydrogen-bond donors (Lipinski definition) is 2. The Morgan fingerprint density at radius 2 is 2.05 bits per heavy atom. The topological polar surface area (TPSA) is 67.1 Å². The van der Waals surface area contributed by atoms with Crippen LogP contribution in [0.4, 0.5) is 10.8 Å². The molecular weight excluding hydrogens is 282 g/mol. The van der Waals surface area contributed by atoms with Crippen LogP contribution in [-0.4, -0.2) is 40.9 Å². The average Bonchev–Trinajstić information content (AvgIpc) is 2.88. The summed E-state index contributed by atoms with van der Waals surface area (Å²) >= 11 is 1.44. The lowest BCUT2D eigenvalue weighted by molar-refractivity contribution is 0.226. The van der Waals surface area contributed by atoms with Crippen LogP contribution in [-0.2, 0) is 0 Å². The Kier molecular flexibility index (Phi) is 4.36. The molecule has 5 nitrogen and oxygen atoms in total. The van der Waals surface area contributed by atoms with Gasteiger partial charge in [0.1, 0.15) is 10.8 Å². The van der Waals surface area contributed by atoms with E-state index in [-0.39, 0.29) is 0 Å². The molecule has 21 heavy (non-hydrogen) atoms. The second-order valence-electron chi connectivity index (χ2n) is 5.64. The van der Waals surface area contributed by atoms with Gasteiger partial charge in [-0.25, -0.2) is 0 Å². The Balaban J connectivity index is 1.69. The number of nitrogen functional groups attached to an aromatic ring is 1. The fraction of sp³-hybridized carbons (Fsp3) is 0.467. The number of nitrogens with one attached hydrogen (secondary N) is 1. The Labute approximate surface area is 129 Å². The zero-order valence-electron chi connectivity index (χ0n) is 12.2. The quantitative estimate of drug-likeness (QED) is 0.908. The Morgan fingerprint density at radius 3 is 2.76 bits per heavy atom. The van der Waals surface area contributed by atoms with E-state index in [2.05, 4.69) is 26.6 Å². The van der Waals surface area contributed by atoms with Gasteiger partial charge in [-0.2, -0.15) is 4.37 Å². The van der Waals surface area contributed by atoms with Gasteiger partial charge >= 0.3 is 0 Å². The van der Waals surface area contributed by atoms with Gasteiger partial charge in [-0.05, 0) is 68.1 Å². The standard InChI is InChI=1S/C15H21N5S/c1-20-8-4-11(5-9-20)10-18-15-13(14(16)19-21-15)12-2-6-17-7-3-12/h2-3,6-7,11,18H,4-5,8-10H2,1H3,(H2,16,19). The minimum Gasteiger partial charge on any atom is -0.382 e. The molecule has 3 rings (SSSR count). The third-order valence-corrected chi connectivity index (χ3v) is 4.90. The number of anilines is 2. The van der Waals surface area contributed by atoms with E-state index in [9.17, 15) is 0 Å². The van der Waals surface area contributed by atoms with Crippen molar-refractivity contribution in [3.8, 4) is 11.1 Å². The molecule has 0 amide bonds. The summed E-state index contributed by atoms with van der Waals surface area (Å²) in [5.41, 5.74) is 8.11. The van der Waals surface area contributed by atoms with Crippen molar-refractivity contribution in [2.75, 3.05) is 37.7 Å². The van der Waals surface area contributed by atoms with Gasteiger partial charge in [0.2, 0.25) is 0 Å². The number of aromatic nitrogens is 2. The van der Waals surface area contributed by atoms with Crippen molar-refractivity contribution < 1.29 is 0 Å². The molecule has 1 aliphatic heterocycles. The SMILES string of the molecule is CN1CCC(CNc2snc(N)c2-c2ccncc2)CC1. The molecule has 0 unspecified atom stereocenters. The van der Waals surface area contributed by atoms with Crippen molar-refractivity contribution >= 4 is 22.4 Å². The van der Waals surface area contributed by atoms with Crippen LogP contribution in [0.25, 0.3) is 11.1 Å². The average molecular weight is 303 g/mol. The highest BCUT2D eigenvalue weighted by atomic mass is 32.1. The van der Waals surface area contributed by atoms with E-state index in [1.807, 2.05) is 12.1 Å². The fourth-order valence-electron chi connectivity index (χ4n) is 2.72. The summed E-state index contributed by atoms with van der Waals surface area (Å²) in [4.78, 5) is 6.45. The van der Waals surface area contributed by atoms with Gasteiger partial charge in [0, 0.05) is 18.9 Å². The van der Waals surface area contributed by atoms with E-state index in [4.69, 9.17) is 5.73 Å². The number of piperidine rings is 1. The van der Waals surface area contributed by atoms with Crippen LogP contribution in [0.1, 0.15) is 12.8 Å². The van der Waals surface area contributed by atoms with Gasteiger partial charge in [-0.3, -0.25) is 4.98 Å². The molecule has 0 atom stereocenters. The summed E-state index contributed by atoms with van der Waals surface area (Å²) in [6.07, 6.45) is 6.07. The molecule has 2 aromatic heterocycles. The molecule has 6 heteroatoms. The molecule has 0 saturated carbocycles. The number of nitrogens with zero attached hydrogens (tertiary/aromatic N) is 3. The molecule has 0 aliphatic carbocycles. The zero-order valence-corrected chi connectivity index (χ0v) is 13.1. The first kappa shape index (κ1) is 14.3. The van der Waals surface area contributed by atoms with Gasteiger partial charge in [0.15, 0.2) is 0 Å². The van der Waals surface area contributed by atoms with Crippen LogP contribution >= 0.6 is 11.5 Å². The van der Waals surface area contributed by atoms with Crippen molar-refractivity contribution in [2.24, 2.45) is 5.92 Å². The van der Waals surface area contributed by atoms with E-state index in [1.54, 1.807) is 12.4 Å². The first-order valence-electron chi connectivity index (χ1n) is 7.32. The molecule has 1 fully saturated rings. The predicted octanol–water partition coefficient (Wildman–Crippen LogP) is 2.54. The first-order chi connectivity index (χ1) is 10.2. The highest BCUT2D eigenvalue weighted by Crippen LogP contribution is 2.36. The number of likely N-dealkylation sites (tertiary alicyclic amines) is 1. The predicted molar refractivity (Wildman–Crippen MR) is 88.5 cm³/mol. The number of pyridine rings is 1. The van der Waals surface area contributed by atoms with Crippen molar-refractivity contribution in [2.45, 2.75) is 12.8 Å². The van der Waals surface area contributed by atoms with Crippen LogP contribution in [0.3, 0.4) is 0 Å². The van der Waals surface area contributed by atoms with E-state index >= 15 is 0 Å². The highest BCUT2D eigenvalue weighted by molar-refractivity contribution is 7.11. The number of nitrogens with two attached hydrogens (primary N) is 1. The van der Waals surface area contributed by atoms with Gasteiger partial charge in [0.05, 0.1) is 5.56 Å². The monoisotopic (exact) mass is 303 g/mol. The lowest BCUT2D eigenvalue weighted by Crippen LogP contribution is -2.32. The van der Waals surface area contributed by atoms with Crippen LogP contribution in [0.2, 0.25) is 0 Å². The summed E-state index contributed by atoms with van der Waals surface area (Å²) in [5.74, 6) is 1.33. The minimum absolute atomic E-state index is 0.595. The Morgan fingerprint density at radius 1 is 1.33 bits per heavy atom. The smallest absolute Gasteiger partial charge is 0.147 e. The van der Waals surface area contributed by atoms with Crippen molar-refractivity contribution in [1.82, 2.24) is 14.3 Å². The van der Waals surface area contributed by atoms with Crippen LogP contribution < -0.4 is 11.1 Å². The van der Waals surface area contributed by atoms with E-state index < -0.39 is 0 Å². The number of rotatable bonds is 4. The van der Waals surface area contributed by atoms with Crippen molar-refractivity contribution in [1.29, 1.82) is 0 Å². The Hall–Kier alpha value is -1.66. The first-order valence-corrected chi connectivity index (χ1v) is 8.09. The van der Waals surface area contributed by atoms with Crippen LogP contribution in [0.5, 0.6) is 0 Å². The number of hydrogen-bond acceptors (Lipinski definition) is 6.